The number of halogens is 1. The van der Waals surface area contributed by atoms with Crippen molar-refractivity contribution in [1.29, 1.82) is 0 Å². The molecule has 152 valence electrons. The Balaban J connectivity index is 1.59. The lowest BCUT2D eigenvalue weighted by Crippen LogP contribution is -2.27. The first-order chi connectivity index (χ1) is 14.8. The first-order valence-corrected chi connectivity index (χ1v) is 10.3. The molecule has 3 N–H and O–H groups in total. The molecule has 1 fully saturated rings. The number of hydrogen-bond donors (Lipinski definition) is 3. The number of aromatic amines is 1. The minimum absolute atomic E-state index is 0.349. The molecule has 1 aliphatic heterocycles. The van der Waals surface area contributed by atoms with Crippen LogP contribution in [0.5, 0.6) is 0 Å². The van der Waals surface area contributed by atoms with Crippen LogP contribution >= 0.6 is 0 Å². The summed E-state index contributed by atoms with van der Waals surface area (Å²) in [4.78, 5) is 9.58. The zero-order chi connectivity index (χ0) is 20.3. The predicted molar refractivity (Wildman–Crippen MR) is 117 cm³/mol. The Labute approximate surface area is 174 Å². The van der Waals surface area contributed by atoms with Gasteiger partial charge in [-0.2, -0.15) is 5.10 Å². The lowest BCUT2D eigenvalue weighted by molar-refractivity contribution is 0.453. The first-order valence-electron chi connectivity index (χ1n) is 10.3. The van der Waals surface area contributed by atoms with Crippen LogP contribution in [0.3, 0.4) is 0 Å². The van der Waals surface area contributed by atoms with Crippen molar-refractivity contribution in [3.8, 4) is 11.4 Å². The van der Waals surface area contributed by atoms with Crippen LogP contribution in [-0.4, -0.2) is 33.3 Å². The molecule has 0 atom stereocenters. The maximum atomic E-state index is 13.6. The Morgan fingerprint density at radius 2 is 1.80 bits per heavy atom. The summed E-state index contributed by atoms with van der Waals surface area (Å²) in [5, 5.41) is 15.2. The van der Waals surface area contributed by atoms with E-state index < -0.39 is 6.67 Å². The van der Waals surface area contributed by atoms with Crippen molar-refractivity contribution in [1.82, 2.24) is 25.5 Å². The van der Waals surface area contributed by atoms with Gasteiger partial charge < -0.3 is 10.6 Å². The molecule has 6 nitrogen and oxygen atoms in total. The van der Waals surface area contributed by atoms with Gasteiger partial charge in [0.2, 0.25) is 0 Å². The predicted octanol–water partition coefficient (Wildman–Crippen LogP) is 4.70. The van der Waals surface area contributed by atoms with E-state index in [1.54, 1.807) is 6.07 Å². The Bertz CT molecular complexity index is 1170. The topological polar surface area (TPSA) is 78.5 Å². The third-order valence-electron chi connectivity index (χ3n) is 5.62. The van der Waals surface area contributed by atoms with Gasteiger partial charge in [-0.25, -0.2) is 14.4 Å². The minimum Gasteiger partial charge on any atom is -0.323 e. The van der Waals surface area contributed by atoms with Crippen LogP contribution < -0.4 is 10.6 Å². The van der Waals surface area contributed by atoms with Crippen LogP contribution in [0, 0.1) is 0 Å². The van der Waals surface area contributed by atoms with Crippen molar-refractivity contribution in [3.63, 3.8) is 0 Å². The van der Waals surface area contributed by atoms with E-state index in [1.165, 1.54) is 0 Å². The molecule has 30 heavy (non-hydrogen) atoms. The molecular weight excluding hydrogens is 379 g/mol. The zero-order valence-electron chi connectivity index (χ0n) is 16.5. The number of nitrogens with one attached hydrogen (secondary N) is 3. The van der Waals surface area contributed by atoms with Gasteiger partial charge in [-0.15, -0.1) is 0 Å². The highest BCUT2D eigenvalue weighted by atomic mass is 19.1. The molecule has 0 bridgehead atoms. The standard InChI is InChI=1S/C23H23FN6/c24-14-16-5-1-2-6-17(16)22-26-20(15-9-11-25-12-10-15)13-21(27-22)28-23-18-7-3-4-8-19(18)29-30-23/h1-8,13,15,25H,9-12,14H2,(H2,26,27,28,29,30). The molecule has 5 rings (SSSR count). The van der Waals surface area contributed by atoms with E-state index in [0.29, 0.717) is 28.9 Å². The number of piperidine rings is 1. The number of nitrogens with zero attached hydrogens (tertiary/aromatic N) is 3. The number of hydrogen-bond acceptors (Lipinski definition) is 5. The van der Waals surface area contributed by atoms with E-state index in [9.17, 15) is 4.39 Å². The summed E-state index contributed by atoms with van der Waals surface area (Å²) in [7, 11) is 0. The third-order valence-corrected chi connectivity index (χ3v) is 5.62. The first kappa shape index (κ1) is 18.7. The summed E-state index contributed by atoms with van der Waals surface area (Å²) in [6.07, 6.45) is 2.04. The number of rotatable bonds is 5. The van der Waals surface area contributed by atoms with Crippen molar-refractivity contribution in [3.05, 3.63) is 65.9 Å². The monoisotopic (exact) mass is 402 g/mol. The largest absolute Gasteiger partial charge is 0.323 e. The Hall–Kier alpha value is -3.32. The van der Waals surface area contributed by atoms with Crippen molar-refractivity contribution >= 4 is 22.5 Å². The highest BCUT2D eigenvalue weighted by Gasteiger charge is 2.20. The lowest BCUT2D eigenvalue weighted by Gasteiger charge is -2.23. The second-order valence-electron chi connectivity index (χ2n) is 7.56. The highest BCUT2D eigenvalue weighted by molar-refractivity contribution is 5.91. The Morgan fingerprint density at radius 1 is 1.00 bits per heavy atom. The molecule has 0 amide bonds. The van der Waals surface area contributed by atoms with E-state index in [4.69, 9.17) is 9.97 Å². The number of alkyl halides is 1. The molecule has 0 unspecified atom stereocenters. The number of H-pyrrole nitrogens is 1. The van der Waals surface area contributed by atoms with Gasteiger partial charge in [0.15, 0.2) is 11.6 Å². The Morgan fingerprint density at radius 3 is 2.67 bits per heavy atom. The van der Waals surface area contributed by atoms with Crippen LogP contribution in [-0.2, 0) is 6.67 Å². The molecule has 1 aliphatic rings. The van der Waals surface area contributed by atoms with Gasteiger partial charge in [-0.05, 0) is 43.6 Å². The summed E-state index contributed by atoms with van der Waals surface area (Å²) in [6, 6.07) is 17.3. The molecule has 2 aromatic carbocycles. The van der Waals surface area contributed by atoms with Gasteiger partial charge >= 0.3 is 0 Å². The van der Waals surface area contributed by atoms with Crippen LogP contribution in [0.1, 0.15) is 30.0 Å². The fraction of sp³-hybridized carbons (Fsp3) is 0.261. The summed E-state index contributed by atoms with van der Waals surface area (Å²) in [5.41, 5.74) is 3.26. The molecule has 0 saturated carbocycles. The second-order valence-corrected chi connectivity index (χ2v) is 7.56. The maximum Gasteiger partial charge on any atom is 0.162 e. The van der Waals surface area contributed by atoms with E-state index in [1.807, 2.05) is 48.5 Å². The van der Waals surface area contributed by atoms with Gasteiger partial charge in [0.05, 0.1) is 5.52 Å². The number of fused-ring (bicyclic) bond motifs is 1. The molecule has 0 aliphatic carbocycles. The smallest absolute Gasteiger partial charge is 0.162 e. The molecule has 2 aromatic heterocycles. The lowest BCUT2D eigenvalue weighted by atomic mass is 9.94. The SMILES string of the molecule is FCc1ccccc1-c1nc(Nc2n[nH]c3ccccc23)cc(C2CCNCC2)n1. The van der Waals surface area contributed by atoms with Crippen LogP contribution in [0.25, 0.3) is 22.3 Å². The fourth-order valence-corrected chi connectivity index (χ4v) is 4.01. The van der Waals surface area contributed by atoms with E-state index >= 15 is 0 Å². The van der Waals surface area contributed by atoms with E-state index in [-0.39, 0.29) is 0 Å². The molecule has 0 radical (unpaired) electrons. The average molecular weight is 402 g/mol. The Kier molecular flexibility index (Phi) is 5.11. The van der Waals surface area contributed by atoms with Crippen molar-refractivity contribution in [2.45, 2.75) is 25.4 Å². The van der Waals surface area contributed by atoms with Crippen molar-refractivity contribution < 1.29 is 4.39 Å². The minimum atomic E-state index is -0.552. The summed E-state index contributed by atoms with van der Waals surface area (Å²) in [5.74, 6) is 2.27. The molecule has 3 heterocycles. The summed E-state index contributed by atoms with van der Waals surface area (Å²) < 4.78 is 13.6. The average Bonchev–Trinajstić information content (AvgIpc) is 3.22. The highest BCUT2D eigenvalue weighted by Crippen LogP contribution is 2.31. The number of benzene rings is 2. The third kappa shape index (κ3) is 3.64. The van der Waals surface area contributed by atoms with Gasteiger partial charge in [-0.1, -0.05) is 36.4 Å². The number of para-hydroxylation sites is 1. The second kappa shape index (κ2) is 8.20. The van der Waals surface area contributed by atoms with Gasteiger partial charge in [0.1, 0.15) is 12.5 Å². The van der Waals surface area contributed by atoms with E-state index in [2.05, 4.69) is 20.8 Å². The zero-order valence-corrected chi connectivity index (χ0v) is 16.5. The molecular formula is C23H23FN6. The van der Waals surface area contributed by atoms with Gasteiger partial charge in [0.25, 0.3) is 0 Å². The number of aromatic nitrogens is 4. The van der Waals surface area contributed by atoms with Crippen LogP contribution in [0.15, 0.2) is 54.6 Å². The van der Waals surface area contributed by atoms with Crippen molar-refractivity contribution in [2.75, 3.05) is 18.4 Å². The number of anilines is 2. The van der Waals surface area contributed by atoms with Gasteiger partial charge in [0, 0.05) is 28.6 Å². The van der Waals surface area contributed by atoms with Crippen LogP contribution in [0.4, 0.5) is 16.0 Å². The quantitative estimate of drug-likeness (QED) is 0.451. The molecule has 4 aromatic rings. The molecule has 1 saturated heterocycles. The fourth-order valence-electron chi connectivity index (χ4n) is 4.01. The summed E-state index contributed by atoms with van der Waals surface area (Å²) >= 11 is 0. The normalized spacial score (nSPS) is 14.8. The van der Waals surface area contributed by atoms with Gasteiger partial charge in [-0.3, -0.25) is 5.10 Å². The van der Waals surface area contributed by atoms with Crippen LogP contribution in [0.2, 0.25) is 0 Å². The summed E-state index contributed by atoms with van der Waals surface area (Å²) in [6.45, 7) is 1.39. The van der Waals surface area contributed by atoms with E-state index in [0.717, 1.165) is 48.1 Å². The van der Waals surface area contributed by atoms with Crippen molar-refractivity contribution in [2.24, 2.45) is 0 Å². The molecule has 0 spiro atoms. The molecule has 7 heteroatoms. The maximum absolute atomic E-state index is 13.6.